The van der Waals surface area contributed by atoms with Crippen LogP contribution in [0.2, 0.25) is 5.02 Å². The predicted molar refractivity (Wildman–Crippen MR) is 106 cm³/mol. The monoisotopic (exact) mass is 383 g/mol. The molecule has 6 nitrogen and oxygen atoms in total. The molecular weight excluding hydrogens is 362 g/mol. The molecule has 0 radical (unpaired) electrons. The van der Waals surface area contributed by atoms with Gasteiger partial charge in [-0.25, -0.2) is 4.98 Å². The Morgan fingerprint density at radius 2 is 2.04 bits per heavy atom. The normalized spacial score (nSPS) is 17.5. The minimum Gasteiger partial charge on any atom is -0.329 e. The Hall–Kier alpha value is -2.44. The van der Waals surface area contributed by atoms with E-state index in [-0.39, 0.29) is 11.9 Å². The first-order chi connectivity index (χ1) is 13.0. The maximum atomic E-state index is 13.5. The Kier molecular flexibility index (Phi) is 4.61. The van der Waals surface area contributed by atoms with Crippen LogP contribution in [0.5, 0.6) is 0 Å². The molecule has 0 aliphatic carbocycles. The lowest BCUT2D eigenvalue weighted by molar-refractivity contribution is 0.0633. The Morgan fingerprint density at radius 1 is 1.26 bits per heavy atom. The van der Waals surface area contributed by atoms with Crippen molar-refractivity contribution in [1.29, 1.82) is 0 Å². The molecule has 7 heteroatoms. The minimum atomic E-state index is -0.106. The third-order valence-corrected chi connectivity index (χ3v) is 5.53. The summed E-state index contributed by atoms with van der Waals surface area (Å²) in [6.07, 6.45) is 0. The zero-order valence-corrected chi connectivity index (χ0v) is 16.4. The highest BCUT2D eigenvalue weighted by Crippen LogP contribution is 2.30. The van der Waals surface area contributed by atoms with E-state index < -0.39 is 0 Å². The van der Waals surface area contributed by atoms with E-state index in [0.717, 1.165) is 28.8 Å². The molecule has 4 rings (SSSR count). The second-order valence-electron chi connectivity index (χ2n) is 6.94. The van der Waals surface area contributed by atoms with E-state index in [1.807, 2.05) is 56.1 Å². The van der Waals surface area contributed by atoms with Crippen LogP contribution in [-0.2, 0) is 7.05 Å². The lowest BCUT2D eigenvalue weighted by atomic mass is 10.0. The molecule has 2 aromatic heterocycles. The molecule has 1 aromatic carbocycles. The number of pyridine rings is 1. The number of fused-ring (bicyclic) bond motifs is 1. The summed E-state index contributed by atoms with van der Waals surface area (Å²) in [6, 6.07) is 9.53. The van der Waals surface area contributed by atoms with Crippen molar-refractivity contribution >= 4 is 28.5 Å². The van der Waals surface area contributed by atoms with Gasteiger partial charge in [0.1, 0.15) is 0 Å². The highest BCUT2D eigenvalue weighted by molar-refractivity contribution is 6.31. The van der Waals surface area contributed by atoms with E-state index in [1.165, 1.54) is 0 Å². The molecule has 0 bridgehead atoms. The van der Waals surface area contributed by atoms with Gasteiger partial charge in [-0.15, -0.1) is 0 Å². The summed E-state index contributed by atoms with van der Waals surface area (Å²) in [6.45, 7) is 5.87. The second-order valence-corrected chi connectivity index (χ2v) is 7.35. The second kappa shape index (κ2) is 6.94. The quantitative estimate of drug-likeness (QED) is 0.738. The molecule has 1 aliphatic rings. The van der Waals surface area contributed by atoms with Crippen LogP contribution in [0.4, 0.5) is 0 Å². The van der Waals surface area contributed by atoms with Crippen molar-refractivity contribution in [2.24, 2.45) is 7.05 Å². The molecule has 1 fully saturated rings. The molecular formula is C20H22ClN5O. The van der Waals surface area contributed by atoms with Crippen LogP contribution in [0.25, 0.3) is 11.0 Å². The molecule has 3 heterocycles. The maximum Gasteiger partial charge on any atom is 0.256 e. The van der Waals surface area contributed by atoms with Gasteiger partial charge in [0.2, 0.25) is 0 Å². The number of rotatable bonds is 2. The van der Waals surface area contributed by atoms with Gasteiger partial charge in [-0.3, -0.25) is 9.48 Å². The van der Waals surface area contributed by atoms with Gasteiger partial charge in [0.05, 0.1) is 23.0 Å². The molecule has 0 spiro atoms. The highest BCUT2D eigenvalue weighted by atomic mass is 35.5. The maximum absolute atomic E-state index is 13.5. The number of carbonyl (C=O) groups is 1. The number of nitrogens with one attached hydrogen (secondary N) is 1. The van der Waals surface area contributed by atoms with E-state index >= 15 is 0 Å². The first-order valence-corrected chi connectivity index (χ1v) is 9.42. The molecule has 1 unspecified atom stereocenters. The van der Waals surface area contributed by atoms with Gasteiger partial charge < -0.3 is 10.2 Å². The summed E-state index contributed by atoms with van der Waals surface area (Å²) >= 11 is 6.42. The van der Waals surface area contributed by atoms with E-state index in [1.54, 1.807) is 4.68 Å². The Morgan fingerprint density at radius 3 is 2.81 bits per heavy atom. The zero-order valence-electron chi connectivity index (χ0n) is 15.7. The standard InChI is InChI=1S/C20H22ClN5O/c1-12-16(10-15-13(2)24-25(3)19(15)23-12)20(27)26-9-8-22-11-18(26)14-6-4-5-7-17(14)21/h4-7,10,18,22H,8-9,11H2,1-3H3. The summed E-state index contributed by atoms with van der Waals surface area (Å²) in [7, 11) is 1.87. The van der Waals surface area contributed by atoms with E-state index in [2.05, 4.69) is 15.4 Å². The first-order valence-electron chi connectivity index (χ1n) is 9.04. The van der Waals surface area contributed by atoms with Crippen LogP contribution in [0.15, 0.2) is 30.3 Å². The van der Waals surface area contributed by atoms with Gasteiger partial charge >= 0.3 is 0 Å². The SMILES string of the molecule is Cc1nc2c(cc1C(=O)N1CCNCC1c1ccccc1Cl)c(C)nn2C. The summed E-state index contributed by atoms with van der Waals surface area (Å²) in [4.78, 5) is 20.0. The number of nitrogens with zero attached hydrogens (tertiary/aromatic N) is 4. The van der Waals surface area contributed by atoms with E-state index in [0.29, 0.717) is 29.4 Å². The molecule has 3 aromatic rings. The fraction of sp³-hybridized carbons (Fsp3) is 0.350. The van der Waals surface area contributed by atoms with Crippen molar-refractivity contribution in [1.82, 2.24) is 25.0 Å². The third kappa shape index (κ3) is 3.09. The largest absolute Gasteiger partial charge is 0.329 e. The van der Waals surface area contributed by atoms with Gasteiger partial charge in [-0.2, -0.15) is 5.10 Å². The fourth-order valence-electron chi connectivity index (χ4n) is 3.77. The van der Waals surface area contributed by atoms with Crippen molar-refractivity contribution in [3.05, 3.63) is 57.9 Å². The molecule has 0 saturated carbocycles. The molecule has 1 saturated heterocycles. The van der Waals surface area contributed by atoms with Gasteiger partial charge in [-0.1, -0.05) is 29.8 Å². The molecule has 1 atom stereocenters. The topological polar surface area (TPSA) is 63.1 Å². The highest BCUT2D eigenvalue weighted by Gasteiger charge is 2.31. The van der Waals surface area contributed by atoms with Gasteiger partial charge in [0.25, 0.3) is 5.91 Å². The Bertz CT molecular complexity index is 1030. The van der Waals surface area contributed by atoms with Gasteiger partial charge in [0.15, 0.2) is 5.65 Å². The smallest absolute Gasteiger partial charge is 0.256 e. The number of hydrogen-bond acceptors (Lipinski definition) is 4. The molecule has 1 N–H and O–H groups in total. The van der Waals surface area contributed by atoms with Crippen molar-refractivity contribution in [3.8, 4) is 0 Å². The first kappa shape index (κ1) is 17.9. The van der Waals surface area contributed by atoms with Crippen LogP contribution in [0.3, 0.4) is 0 Å². The van der Waals surface area contributed by atoms with Crippen molar-refractivity contribution in [2.75, 3.05) is 19.6 Å². The van der Waals surface area contributed by atoms with Gasteiger partial charge in [-0.05, 0) is 31.5 Å². The van der Waals surface area contributed by atoms with Crippen LogP contribution in [0, 0.1) is 13.8 Å². The van der Waals surface area contributed by atoms with Crippen molar-refractivity contribution in [2.45, 2.75) is 19.9 Å². The summed E-state index contributed by atoms with van der Waals surface area (Å²) in [5.41, 5.74) is 3.97. The number of hydrogen-bond donors (Lipinski definition) is 1. The number of halogens is 1. The van der Waals surface area contributed by atoms with Gasteiger partial charge in [0, 0.05) is 37.1 Å². The summed E-state index contributed by atoms with van der Waals surface area (Å²) < 4.78 is 1.75. The number of amides is 1. The lowest BCUT2D eigenvalue weighted by Gasteiger charge is -2.37. The Labute approximate surface area is 163 Å². The number of benzene rings is 1. The molecule has 27 heavy (non-hydrogen) atoms. The number of aryl methyl sites for hydroxylation is 3. The van der Waals surface area contributed by atoms with E-state index in [9.17, 15) is 4.79 Å². The zero-order chi connectivity index (χ0) is 19.1. The van der Waals surface area contributed by atoms with Crippen LogP contribution in [-0.4, -0.2) is 45.2 Å². The van der Waals surface area contributed by atoms with E-state index in [4.69, 9.17) is 11.6 Å². The average molecular weight is 384 g/mol. The van der Waals surface area contributed by atoms with Crippen molar-refractivity contribution in [3.63, 3.8) is 0 Å². The van der Waals surface area contributed by atoms with Crippen molar-refractivity contribution < 1.29 is 4.79 Å². The van der Waals surface area contributed by atoms with Crippen LogP contribution in [0.1, 0.15) is 33.4 Å². The Balaban J connectivity index is 1.76. The molecule has 1 aliphatic heterocycles. The average Bonchev–Trinajstić information content (AvgIpc) is 2.94. The summed E-state index contributed by atoms with van der Waals surface area (Å²) in [5, 5.41) is 9.38. The number of carbonyl (C=O) groups excluding carboxylic acids is 1. The third-order valence-electron chi connectivity index (χ3n) is 5.19. The fourth-order valence-corrected chi connectivity index (χ4v) is 4.04. The number of aromatic nitrogens is 3. The molecule has 140 valence electrons. The summed E-state index contributed by atoms with van der Waals surface area (Å²) in [5.74, 6) is -0.0171. The molecule has 1 amide bonds. The predicted octanol–water partition coefficient (Wildman–Crippen LogP) is 3.03. The number of piperazine rings is 1. The van der Waals surface area contributed by atoms with Crippen LogP contribution < -0.4 is 5.32 Å². The minimum absolute atomic E-state index is 0.0171. The lowest BCUT2D eigenvalue weighted by Crippen LogP contribution is -2.49. The van der Waals surface area contributed by atoms with Crippen LogP contribution >= 0.6 is 11.6 Å².